The summed E-state index contributed by atoms with van der Waals surface area (Å²) in [7, 11) is 0. The highest BCUT2D eigenvalue weighted by atomic mass is 16.5. The van der Waals surface area contributed by atoms with E-state index in [1.165, 1.54) is 0 Å². The number of hydrogen-bond donors (Lipinski definition) is 0. The summed E-state index contributed by atoms with van der Waals surface area (Å²) in [5.41, 5.74) is 3.18. The van der Waals surface area contributed by atoms with Gasteiger partial charge < -0.3 is 9.15 Å². The van der Waals surface area contributed by atoms with E-state index in [1.807, 2.05) is 66.7 Å². The van der Waals surface area contributed by atoms with Gasteiger partial charge in [0.25, 0.3) is 0 Å². The normalized spacial score (nSPS) is 10.6. The Morgan fingerprint density at radius 2 is 1.36 bits per heavy atom. The molecule has 0 bridgehead atoms. The molecule has 4 aromatic rings. The number of oxazole rings is 1. The molecule has 0 atom stereocenters. The molecule has 0 amide bonds. The molecule has 0 unspecified atom stereocenters. The Bertz CT molecular complexity index is 946. The number of hydrogen-bond acceptors (Lipinski definition) is 3. The number of aromatic nitrogens is 1. The molecular formula is C22H17NO2. The first-order valence-corrected chi connectivity index (χ1v) is 8.17. The van der Waals surface area contributed by atoms with E-state index in [-0.39, 0.29) is 6.61 Å². The molecule has 122 valence electrons. The Hall–Kier alpha value is -3.33. The molecule has 0 radical (unpaired) electrons. The topological polar surface area (TPSA) is 35.3 Å². The predicted molar refractivity (Wildman–Crippen MR) is 98.1 cm³/mol. The van der Waals surface area contributed by atoms with Gasteiger partial charge in [0.1, 0.15) is 5.75 Å². The zero-order valence-electron chi connectivity index (χ0n) is 13.6. The quantitative estimate of drug-likeness (QED) is 0.479. The third kappa shape index (κ3) is 3.45. The van der Waals surface area contributed by atoms with E-state index in [0.717, 1.165) is 28.2 Å². The van der Waals surface area contributed by atoms with Gasteiger partial charge in [-0.3, -0.25) is 0 Å². The molecule has 0 aliphatic heterocycles. The minimum Gasteiger partial charge on any atom is -0.483 e. The van der Waals surface area contributed by atoms with E-state index in [2.05, 4.69) is 23.2 Å². The van der Waals surface area contributed by atoms with Crippen molar-refractivity contribution in [3.05, 3.63) is 97.0 Å². The maximum absolute atomic E-state index is 5.97. The summed E-state index contributed by atoms with van der Waals surface area (Å²) >= 11 is 0. The summed E-state index contributed by atoms with van der Waals surface area (Å²) in [6, 6.07) is 28.1. The zero-order valence-corrected chi connectivity index (χ0v) is 13.6. The third-order valence-corrected chi connectivity index (χ3v) is 3.93. The zero-order chi connectivity index (χ0) is 16.9. The van der Waals surface area contributed by atoms with E-state index < -0.39 is 0 Å². The lowest BCUT2D eigenvalue weighted by Gasteiger charge is -2.10. The first-order chi connectivity index (χ1) is 12.4. The van der Waals surface area contributed by atoms with Gasteiger partial charge in [-0.15, -0.1) is 0 Å². The van der Waals surface area contributed by atoms with E-state index in [9.17, 15) is 0 Å². The number of nitrogens with zero attached hydrogens (tertiary/aromatic N) is 1. The molecule has 0 saturated heterocycles. The molecule has 25 heavy (non-hydrogen) atoms. The summed E-state index contributed by atoms with van der Waals surface area (Å²) in [6.45, 7) is 0.288. The molecule has 1 aromatic heterocycles. The predicted octanol–water partition coefficient (Wildman–Crippen LogP) is 5.59. The standard InChI is InChI=1S/C22H17NO2/c1-3-9-17(10-4-1)19-13-7-8-14-20(19)24-16-22-23-15-21(25-22)18-11-5-2-6-12-18/h1-15H,16H2. The van der Waals surface area contributed by atoms with Crippen molar-refractivity contribution in [2.75, 3.05) is 0 Å². The molecule has 3 aromatic carbocycles. The van der Waals surface area contributed by atoms with Crippen molar-refractivity contribution in [2.24, 2.45) is 0 Å². The first-order valence-electron chi connectivity index (χ1n) is 8.17. The second-order valence-electron chi connectivity index (χ2n) is 5.64. The summed E-state index contributed by atoms with van der Waals surface area (Å²) in [5.74, 6) is 2.12. The molecule has 0 aliphatic carbocycles. The number of para-hydroxylation sites is 1. The van der Waals surface area contributed by atoms with Crippen LogP contribution in [0.3, 0.4) is 0 Å². The van der Waals surface area contributed by atoms with Crippen molar-refractivity contribution in [3.63, 3.8) is 0 Å². The third-order valence-electron chi connectivity index (χ3n) is 3.93. The molecule has 0 spiro atoms. The molecule has 0 N–H and O–H groups in total. The molecule has 3 nitrogen and oxygen atoms in total. The average molecular weight is 327 g/mol. The molecule has 4 rings (SSSR count). The molecule has 1 heterocycles. The van der Waals surface area contributed by atoms with Crippen LogP contribution in [0.2, 0.25) is 0 Å². The fraction of sp³-hybridized carbons (Fsp3) is 0.0455. The van der Waals surface area contributed by atoms with E-state index >= 15 is 0 Å². The highest BCUT2D eigenvalue weighted by Gasteiger charge is 2.09. The minimum absolute atomic E-state index is 0.288. The molecule has 0 aliphatic rings. The van der Waals surface area contributed by atoms with Gasteiger partial charge in [-0.25, -0.2) is 4.98 Å². The van der Waals surface area contributed by atoms with Gasteiger partial charge in [-0.2, -0.15) is 0 Å². The molecule has 0 fully saturated rings. The Kier molecular flexibility index (Phi) is 4.29. The van der Waals surface area contributed by atoms with Gasteiger partial charge in [0.05, 0.1) is 6.20 Å². The fourth-order valence-electron chi connectivity index (χ4n) is 2.70. The van der Waals surface area contributed by atoms with Crippen LogP contribution in [0.15, 0.2) is 95.5 Å². The largest absolute Gasteiger partial charge is 0.483 e. The SMILES string of the molecule is c1ccc(-c2cnc(COc3ccccc3-c3ccccc3)o2)cc1. The lowest BCUT2D eigenvalue weighted by molar-refractivity contribution is 0.265. The van der Waals surface area contributed by atoms with Gasteiger partial charge in [0.2, 0.25) is 5.89 Å². The van der Waals surface area contributed by atoms with Gasteiger partial charge in [-0.1, -0.05) is 78.9 Å². The van der Waals surface area contributed by atoms with E-state index in [1.54, 1.807) is 6.20 Å². The number of ether oxygens (including phenoxy) is 1. The van der Waals surface area contributed by atoms with Gasteiger partial charge in [0.15, 0.2) is 12.4 Å². The van der Waals surface area contributed by atoms with Crippen molar-refractivity contribution in [3.8, 4) is 28.2 Å². The van der Waals surface area contributed by atoms with Crippen LogP contribution in [0.4, 0.5) is 0 Å². The fourth-order valence-corrected chi connectivity index (χ4v) is 2.70. The summed E-state index contributed by atoms with van der Waals surface area (Å²) < 4.78 is 11.8. The second-order valence-corrected chi connectivity index (χ2v) is 5.64. The number of rotatable bonds is 5. The van der Waals surface area contributed by atoms with Crippen LogP contribution >= 0.6 is 0 Å². The van der Waals surface area contributed by atoms with Crippen LogP contribution in [0.25, 0.3) is 22.5 Å². The Balaban J connectivity index is 1.52. The van der Waals surface area contributed by atoms with Gasteiger partial charge in [-0.05, 0) is 11.6 Å². The second kappa shape index (κ2) is 7.05. The van der Waals surface area contributed by atoms with Crippen LogP contribution in [0.1, 0.15) is 5.89 Å². The van der Waals surface area contributed by atoms with Crippen LogP contribution < -0.4 is 4.74 Å². The van der Waals surface area contributed by atoms with Crippen LogP contribution in [0, 0.1) is 0 Å². The van der Waals surface area contributed by atoms with Crippen LogP contribution in [0.5, 0.6) is 5.75 Å². The maximum atomic E-state index is 5.97. The highest BCUT2D eigenvalue weighted by molar-refractivity contribution is 5.70. The van der Waals surface area contributed by atoms with Gasteiger partial charge in [0, 0.05) is 11.1 Å². The Labute approximate surface area is 146 Å². The lowest BCUT2D eigenvalue weighted by atomic mass is 10.1. The van der Waals surface area contributed by atoms with Crippen LogP contribution in [-0.2, 0) is 6.61 Å². The molecular weight excluding hydrogens is 310 g/mol. The van der Waals surface area contributed by atoms with Crippen molar-refractivity contribution >= 4 is 0 Å². The summed E-state index contributed by atoms with van der Waals surface area (Å²) in [4.78, 5) is 4.32. The monoisotopic (exact) mass is 327 g/mol. The van der Waals surface area contributed by atoms with Crippen LogP contribution in [-0.4, -0.2) is 4.98 Å². The van der Waals surface area contributed by atoms with E-state index in [0.29, 0.717) is 5.89 Å². The lowest BCUT2D eigenvalue weighted by Crippen LogP contribution is -1.97. The Morgan fingerprint density at radius 3 is 2.12 bits per heavy atom. The van der Waals surface area contributed by atoms with E-state index in [4.69, 9.17) is 9.15 Å². The highest BCUT2D eigenvalue weighted by Crippen LogP contribution is 2.30. The smallest absolute Gasteiger partial charge is 0.232 e. The number of benzene rings is 3. The summed E-state index contributed by atoms with van der Waals surface area (Å²) in [5, 5.41) is 0. The van der Waals surface area contributed by atoms with Crippen molar-refractivity contribution in [2.45, 2.75) is 6.61 Å². The average Bonchev–Trinajstić information content (AvgIpc) is 3.17. The van der Waals surface area contributed by atoms with Crippen molar-refractivity contribution in [1.82, 2.24) is 4.98 Å². The van der Waals surface area contributed by atoms with Crippen molar-refractivity contribution < 1.29 is 9.15 Å². The summed E-state index contributed by atoms with van der Waals surface area (Å²) in [6.07, 6.45) is 1.73. The Morgan fingerprint density at radius 1 is 0.720 bits per heavy atom. The van der Waals surface area contributed by atoms with Gasteiger partial charge >= 0.3 is 0 Å². The van der Waals surface area contributed by atoms with Crippen molar-refractivity contribution in [1.29, 1.82) is 0 Å². The molecule has 3 heteroatoms. The minimum atomic E-state index is 0.288. The first kappa shape index (κ1) is 15.2. The molecule has 0 saturated carbocycles. The maximum Gasteiger partial charge on any atom is 0.232 e.